The molecule has 2 aliphatic rings. The first-order chi connectivity index (χ1) is 5.72. The summed E-state index contributed by atoms with van der Waals surface area (Å²) in [6, 6.07) is 0. The summed E-state index contributed by atoms with van der Waals surface area (Å²) in [6.07, 6.45) is 3.81. The molecule has 1 N–H and O–H groups in total. The lowest BCUT2D eigenvalue weighted by atomic mass is 9.75. The fourth-order valence-corrected chi connectivity index (χ4v) is 2.16. The number of rotatable bonds is 0. The summed E-state index contributed by atoms with van der Waals surface area (Å²) >= 11 is 0. The van der Waals surface area contributed by atoms with Gasteiger partial charge in [-0.15, -0.1) is 0 Å². The summed E-state index contributed by atoms with van der Waals surface area (Å²) in [6.45, 7) is 4.46. The van der Waals surface area contributed by atoms with Crippen LogP contribution in [-0.2, 0) is 4.79 Å². The van der Waals surface area contributed by atoms with Crippen molar-refractivity contribution in [1.29, 1.82) is 0 Å². The zero-order chi connectivity index (χ0) is 8.60. The van der Waals surface area contributed by atoms with E-state index in [2.05, 4.69) is 5.32 Å². The van der Waals surface area contributed by atoms with Crippen LogP contribution < -0.4 is 5.32 Å². The Morgan fingerprint density at radius 3 is 2.75 bits per heavy atom. The lowest BCUT2D eigenvalue weighted by Gasteiger charge is -2.49. The Hall–Kier alpha value is -0.570. The maximum Gasteiger partial charge on any atom is 0.219 e. The molecular formula is C9H16N2O. The average Bonchev–Trinajstić information content (AvgIpc) is 2.02. The molecule has 3 heteroatoms. The molecule has 0 unspecified atom stereocenters. The van der Waals surface area contributed by atoms with Crippen molar-refractivity contribution in [3.63, 3.8) is 0 Å². The molecular weight excluding hydrogens is 152 g/mol. The minimum Gasteiger partial charge on any atom is -0.340 e. The molecule has 0 aromatic rings. The molecule has 0 aromatic carbocycles. The van der Waals surface area contributed by atoms with Gasteiger partial charge in [0, 0.05) is 32.1 Å². The predicted octanol–water partition coefficient (Wildman–Crippen LogP) is 0.361. The second kappa shape index (κ2) is 2.73. The maximum absolute atomic E-state index is 11.1. The molecule has 1 heterocycles. The van der Waals surface area contributed by atoms with Gasteiger partial charge in [0.1, 0.15) is 0 Å². The van der Waals surface area contributed by atoms with Crippen LogP contribution in [0.25, 0.3) is 0 Å². The molecule has 2 rings (SSSR count). The summed E-state index contributed by atoms with van der Waals surface area (Å²) < 4.78 is 0. The molecule has 3 nitrogen and oxygen atoms in total. The zero-order valence-corrected chi connectivity index (χ0v) is 7.60. The highest BCUT2D eigenvalue weighted by Crippen LogP contribution is 2.33. The smallest absolute Gasteiger partial charge is 0.219 e. The lowest BCUT2D eigenvalue weighted by molar-refractivity contribution is -0.132. The highest BCUT2D eigenvalue weighted by molar-refractivity contribution is 5.73. The third kappa shape index (κ3) is 1.22. The van der Waals surface area contributed by atoms with Crippen molar-refractivity contribution in [2.75, 3.05) is 19.6 Å². The Morgan fingerprint density at radius 1 is 1.50 bits per heavy atom. The number of carbonyl (C=O) groups excluding carboxylic acids is 1. The largest absolute Gasteiger partial charge is 0.340 e. The SMILES string of the molecule is CC(=O)N1CCNC2(CCC2)C1. The fourth-order valence-electron chi connectivity index (χ4n) is 2.16. The third-order valence-corrected chi connectivity index (χ3v) is 3.13. The number of carbonyl (C=O) groups is 1. The number of hydrogen-bond acceptors (Lipinski definition) is 2. The Bertz CT molecular complexity index is 199. The van der Waals surface area contributed by atoms with Gasteiger partial charge >= 0.3 is 0 Å². The van der Waals surface area contributed by atoms with E-state index in [9.17, 15) is 4.79 Å². The van der Waals surface area contributed by atoms with E-state index in [4.69, 9.17) is 0 Å². The van der Waals surface area contributed by atoms with Crippen molar-refractivity contribution in [3.8, 4) is 0 Å². The average molecular weight is 168 g/mol. The van der Waals surface area contributed by atoms with E-state index < -0.39 is 0 Å². The van der Waals surface area contributed by atoms with E-state index in [0.717, 1.165) is 19.6 Å². The topological polar surface area (TPSA) is 32.3 Å². The van der Waals surface area contributed by atoms with Crippen molar-refractivity contribution in [1.82, 2.24) is 10.2 Å². The maximum atomic E-state index is 11.1. The summed E-state index contributed by atoms with van der Waals surface area (Å²) in [5.74, 6) is 0.225. The van der Waals surface area contributed by atoms with Crippen LogP contribution in [0.1, 0.15) is 26.2 Å². The number of amides is 1. The summed E-state index contributed by atoms with van der Waals surface area (Å²) in [5, 5.41) is 3.52. The molecule has 12 heavy (non-hydrogen) atoms. The predicted molar refractivity (Wildman–Crippen MR) is 46.8 cm³/mol. The highest BCUT2D eigenvalue weighted by Gasteiger charge is 2.40. The van der Waals surface area contributed by atoms with Crippen molar-refractivity contribution in [2.24, 2.45) is 0 Å². The van der Waals surface area contributed by atoms with Crippen LogP contribution in [0.3, 0.4) is 0 Å². The van der Waals surface area contributed by atoms with Crippen LogP contribution in [0.5, 0.6) is 0 Å². The Kier molecular flexibility index (Phi) is 1.83. The Morgan fingerprint density at radius 2 is 2.25 bits per heavy atom. The molecule has 68 valence electrons. The van der Waals surface area contributed by atoms with Crippen molar-refractivity contribution >= 4 is 5.91 Å². The first-order valence-corrected chi connectivity index (χ1v) is 4.72. The van der Waals surface area contributed by atoms with Crippen LogP contribution in [0.15, 0.2) is 0 Å². The standard InChI is InChI=1S/C9H16N2O/c1-8(12)11-6-5-10-9(7-11)3-2-4-9/h10H,2-7H2,1H3. The van der Waals surface area contributed by atoms with Crippen LogP contribution in [-0.4, -0.2) is 36.0 Å². The molecule has 1 aliphatic carbocycles. The van der Waals surface area contributed by atoms with Crippen LogP contribution in [0.4, 0.5) is 0 Å². The van der Waals surface area contributed by atoms with Crippen molar-refractivity contribution in [2.45, 2.75) is 31.7 Å². The number of nitrogens with zero attached hydrogens (tertiary/aromatic N) is 1. The Balaban J connectivity index is 1.98. The lowest BCUT2D eigenvalue weighted by Crippen LogP contribution is -2.64. The van der Waals surface area contributed by atoms with E-state index >= 15 is 0 Å². The summed E-state index contributed by atoms with van der Waals surface area (Å²) in [7, 11) is 0. The second-order valence-electron chi connectivity index (χ2n) is 4.00. The first kappa shape index (κ1) is 8.05. The van der Waals surface area contributed by atoms with Crippen LogP contribution in [0, 0.1) is 0 Å². The molecule has 0 aromatic heterocycles. The van der Waals surface area contributed by atoms with Crippen LogP contribution in [0.2, 0.25) is 0 Å². The minimum absolute atomic E-state index is 0.225. The quantitative estimate of drug-likeness (QED) is 0.566. The third-order valence-electron chi connectivity index (χ3n) is 3.13. The number of piperazine rings is 1. The number of nitrogens with one attached hydrogen (secondary N) is 1. The van der Waals surface area contributed by atoms with Gasteiger partial charge in [-0.3, -0.25) is 4.79 Å². The van der Waals surface area contributed by atoms with E-state index in [1.54, 1.807) is 6.92 Å². The van der Waals surface area contributed by atoms with Gasteiger partial charge in [-0.25, -0.2) is 0 Å². The molecule has 1 spiro atoms. The van der Waals surface area contributed by atoms with E-state index in [0.29, 0.717) is 5.54 Å². The highest BCUT2D eigenvalue weighted by atomic mass is 16.2. The summed E-state index contributed by atoms with van der Waals surface area (Å²) in [5.41, 5.74) is 0.309. The molecule has 0 atom stereocenters. The zero-order valence-electron chi connectivity index (χ0n) is 7.60. The van der Waals surface area contributed by atoms with Crippen LogP contribution >= 0.6 is 0 Å². The second-order valence-corrected chi connectivity index (χ2v) is 4.00. The Labute approximate surface area is 73.1 Å². The van der Waals surface area contributed by atoms with Gasteiger partial charge in [-0.05, 0) is 19.3 Å². The van der Waals surface area contributed by atoms with Gasteiger partial charge in [0.15, 0.2) is 0 Å². The molecule has 1 saturated carbocycles. The van der Waals surface area contributed by atoms with Gasteiger partial charge in [-0.1, -0.05) is 0 Å². The van der Waals surface area contributed by atoms with Crippen molar-refractivity contribution in [3.05, 3.63) is 0 Å². The van der Waals surface area contributed by atoms with Gasteiger partial charge in [0.25, 0.3) is 0 Å². The van der Waals surface area contributed by atoms with Gasteiger partial charge in [0.2, 0.25) is 5.91 Å². The first-order valence-electron chi connectivity index (χ1n) is 4.72. The normalized spacial score (nSPS) is 26.9. The molecule has 1 aliphatic heterocycles. The monoisotopic (exact) mass is 168 g/mol. The van der Waals surface area contributed by atoms with E-state index in [-0.39, 0.29) is 5.91 Å². The minimum atomic E-state index is 0.225. The van der Waals surface area contributed by atoms with E-state index in [1.807, 2.05) is 4.90 Å². The van der Waals surface area contributed by atoms with Gasteiger partial charge < -0.3 is 10.2 Å². The number of hydrogen-bond donors (Lipinski definition) is 1. The molecule has 2 fully saturated rings. The summed E-state index contributed by atoms with van der Waals surface area (Å²) in [4.78, 5) is 13.1. The molecule has 0 radical (unpaired) electrons. The van der Waals surface area contributed by atoms with Gasteiger partial charge in [0.05, 0.1) is 0 Å². The van der Waals surface area contributed by atoms with Gasteiger partial charge in [-0.2, -0.15) is 0 Å². The van der Waals surface area contributed by atoms with Crippen molar-refractivity contribution < 1.29 is 4.79 Å². The van der Waals surface area contributed by atoms with E-state index in [1.165, 1.54) is 19.3 Å². The molecule has 0 bridgehead atoms. The molecule has 1 amide bonds. The molecule has 1 saturated heterocycles. The fraction of sp³-hybridized carbons (Fsp3) is 0.889.